The summed E-state index contributed by atoms with van der Waals surface area (Å²) in [6, 6.07) is 6.89. The van der Waals surface area contributed by atoms with Crippen LogP contribution in [0.5, 0.6) is 0 Å². The molecule has 1 saturated carbocycles. The zero-order valence-corrected chi connectivity index (χ0v) is 13.1. The number of nitrogens with zero attached hydrogens (tertiary/aromatic N) is 3. The van der Waals surface area contributed by atoms with Gasteiger partial charge in [0.05, 0.1) is 11.2 Å². The Bertz CT molecular complexity index is 892. The fourth-order valence-corrected chi connectivity index (χ4v) is 3.64. The molecular formula is C18H18FN3O. The summed E-state index contributed by atoms with van der Waals surface area (Å²) in [7, 11) is 0. The molecule has 2 aromatic rings. The third kappa shape index (κ3) is 2.21. The zero-order valence-electron chi connectivity index (χ0n) is 13.1. The van der Waals surface area contributed by atoms with Crippen molar-refractivity contribution < 1.29 is 4.39 Å². The smallest absolute Gasteiger partial charge is 0.251 e. The number of aromatic nitrogens is 1. The van der Waals surface area contributed by atoms with E-state index in [1.54, 1.807) is 10.6 Å². The van der Waals surface area contributed by atoms with Crippen LogP contribution in [0, 0.1) is 23.1 Å². The number of hydrogen-bond donors (Lipinski definition) is 0. The third-order valence-corrected chi connectivity index (χ3v) is 4.90. The molecule has 1 atom stereocenters. The van der Waals surface area contributed by atoms with E-state index in [2.05, 4.69) is 13.0 Å². The highest BCUT2D eigenvalue weighted by molar-refractivity contribution is 5.91. The Morgan fingerprint density at radius 2 is 2.09 bits per heavy atom. The number of halogens is 1. The fraction of sp³-hybridized carbons (Fsp3) is 0.444. The number of fused-ring (bicyclic) bond motifs is 1. The number of pyridine rings is 1. The predicted molar refractivity (Wildman–Crippen MR) is 87.1 cm³/mol. The Hall–Kier alpha value is -2.35. The normalized spacial score (nSPS) is 20.9. The molecule has 0 spiro atoms. The largest absolute Gasteiger partial charge is 0.368 e. The van der Waals surface area contributed by atoms with Crippen LogP contribution in [0.25, 0.3) is 10.9 Å². The summed E-state index contributed by atoms with van der Waals surface area (Å²) in [5.74, 6) is 0.113. The molecule has 23 heavy (non-hydrogen) atoms. The Morgan fingerprint density at radius 1 is 1.30 bits per heavy atom. The van der Waals surface area contributed by atoms with Gasteiger partial charge in [-0.25, -0.2) is 4.39 Å². The van der Waals surface area contributed by atoms with E-state index in [1.165, 1.54) is 12.1 Å². The highest BCUT2D eigenvalue weighted by atomic mass is 19.1. The number of rotatable bonds is 2. The SMILES string of the molecule is C[C@H]1CCN(c2c(F)cc3ccc(=O)n(C4CC4)c3c2C#N)C1. The Balaban J connectivity index is 2.04. The molecule has 1 aliphatic heterocycles. The minimum atomic E-state index is -0.371. The lowest BCUT2D eigenvalue weighted by atomic mass is 10.1. The molecule has 0 radical (unpaired) electrons. The Morgan fingerprint density at radius 3 is 2.70 bits per heavy atom. The molecule has 0 unspecified atom stereocenters. The second-order valence-electron chi connectivity index (χ2n) is 6.74. The lowest BCUT2D eigenvalue weighted by Gasteiger charge is -2.22. The van der Waals surface area contributed by atoms with Crippen LogP contribution in [0.3, 0.4) is 0 Å². The van der Waals surface area contributed by atoms with Crippen molar-refractivity contribution in [3.8, 4) is 6.07 Å². The first-order chi connectivity index (χ1) is 11.1. The molecule has 0 bridgehead atoms. The Labute approximate surface area is 133 Å². The van der Waals surface area contributed by atoms with Gasteiger partial charge in [0.1, 0.15) is 17.4 Å². The van der Waals surface area contributed by atoms with E-state index in [0.29, 0.717) is 28.1 Å². The number of hydrogen-bond acceptors (Lipinski definition) is 3. The first-order valence-corrected chi connectivity index (χ1v) is 8.13. The van der Waals surface area contributed by atoms with Crippen molar-refractivity contribution in [3.63, 3.8) is 0 Å². The van der Waals surface area contributed by atoms with Gasteiger partial charge in [0.15, 0.2) is 0 Å². The Kier molecular flexibility index (Phi) is 3.15. The van der Waals surface area contributed by atoms with Gasteiger partial charge in [0, 0.05) is 30.6 Å². The van der Waals surface area contributed by atoms with Gasteiger partial charge >= 0.3 is 0 Å². The van der Waals surface area contributed by atoms with Gasteiger partial charge in [-0.3, -0.25) is 4.79 Å². The van der Waals surface area contributed by atoms with Gasteiger partial charge in [-0.2, -0.15) is 5.26 Å². The van der Waals surface area contributed by atoms with Gasteiger partial charge < -0.3 is 9.47 Å². The van der Waals surface area contributed by atoms with E-state index in [-0.39, 0.29) is 17.4 Å². The maximum Gasteiger partial charge on any atom is 0.251 e. The van der Waals surface area contributed by atoms with Crippen molar-refractivity contribution in [1.82, 2.24) is 4.57 Å². The van der Waals surface area contributed by atoms with Crippen LogP contribution in [0.15, 0.2) is 23.0 Å². The van der Waals surface area contributed by atoms with E-state index >= 15 is 0 Å². The van der Waals surface area contributed by atoms with E-state index in [0.717, 1.165) is 32.4 Å². The summed E-state index contributed by atoms with van der Waals surface area (Å²) >= 11 is 0. The fourth-order valence-electron chi connectivity index (χ4n) is 3.64. The van der Waals surface area contributed by atoms with Crippen LogP contribution in [0.4, 0.5) is 10.1 Å². The molecule has 1 aromatic carbocycles. The zero-order chi connectivity index (χ0) is 16.1. The van der Waals surface area contributed by atoms with Crippen LogP contribution >= 0.6 is 0 Å². The number of nitriles is 1. The first-order valence-electron chi connectivity index (χ1n) is 8.13. The standard InChI is InChI=1S/C18H18FN3O/c1-11-6-7-21(10-11)18-14(9-20)17-12(8-15(18)19)2-5-16(23)22(17)13-3-4-13/h2,5,8,11,13H,3-4,6-7,10H2,1H3/t11-/m0/s1. The van der Waals surface area contributed by atoms with Crippen LogP contribution in [-0.2, 0) is 0 Å². The summed E-state index contributed by atoms with van der Waals surface area (Å²) in [5, 5.41) is 10.4. The van der Waals surface area contributed by atoms with Gasteiger partial charge in [-0.05, 0) is 37.3 Å². The predicted octanol–water partition coefficient (Wildman–Crippen LogP) is 3.19. The second kappa shape index (κ2) is 5.09. The highest BCUT2D eigenvalue weighted by Gasteiger charge is 2.30. The van der Waals surface area contributed by atoms with Gasteiger partial charge in [-0.15, -0.1) is 0 Å². The molecule has 5 heteroatoms. The van der Waals surface area contributed by atoms with E-state index < -0.39 is 0 Å². The average molecular weight is 311 g/mol. The molecular weight excluding hydrogens is 293 g/mol. The van der Waals surface area contributed by atoms with Crippen molar-refractivity contribution in [1.29, 1.82) is 5.26 Å². The van der Waals surface area contributed by atoms with Crippen LogP contribution in [0.2, 0.25) is 0 Å². The molecule has 2 aliphatic rings. The molecule has 4 nitrogen and oxygen atoms in total. The quantitative estimate of drug-likeness (QED) is 0.856. The van der Waals surface area contributed by atoms with Crippen molar-refractivity contribution in [2.24, 2.45) is 5.92 Å². The summed E-state index contributed by atoms with van der Waals surface area (Å²) in [4.78, 5) is 14.2. The van der Waals surface area contributed by atoms with E-state index in [9.17, 15) is 14.4 Å². The van der Waals surface area contributed by atoms with E-state index in [1.807, 2.05) is 4.90 Å². The molecule has 0 amide bonds. The van der Waals surface area contributed by atoms with Crippen molar-refractivity contribution in [2.75, 3.05) is 18.0 Å². The number of anilines is 1. The molecule has 1 saturated heterocycles. The maximum absolute atomic E-state index is 14.7. The minimum Gasteiger partial charge on any atom is -0.368 e. The molecule has 118 valence electrons. The third-order valence-electron chi connectivity index (χ3n) is 4.90. The average Bonchev–Trinajstić information content (AvgIpc) is 3.27. The monoisotopic (exact) mass is 311 g/mol. The lowest BCUT2D eigenvalue weighted by molar-refractivity contribution is 0.620. The minimum absolute atomic E-state index is 0.108. The van der Waals surface area contributed by atoms with Gasteiger partial charge in [0.25, 0.3) is 5.56 Å². The van der Waals surface area contributed by atoms with Gasteiger partial charge in [-0.1, -0.05) is 6.92 Å². The molecule has 1 aromatic heterocycles. The lowest BCUT2D eigenvalue weighted by Crippen LogP contribution is -2.24. The summed E-state index contributed by atoms with van der Waals surface area (Å²) in [6.45, 7) is 3.63. The maximum atomic E-state index is 14.7. The topological polar surface area (TPSA) is 49.0 Å². The van der Waals surface area contributed by atoms with Crippen molar-refractivity contribution in [2.45, 2.75) is 32.2 Å². The van der Waals surface area contributed by atoms with Crippen LogP contribution in [-0.4, -0.2) is 17.7 Å². The summed E-state index contributed by atoms with van der Waals surface area (Å²) in [6.07, 6.45) is 2.88. The van der Waals surface area contributed by atoms with Gasteiger partial charge in [0.2, 0.25) is 0 Å². The van der Waals surface area contributed by atoms with Crippen molar-refractivity contribution in [3.05, 3.63) is 39.9 Å². The van der Waals surface area contributed by atoms with Crippen molar-refractivity contribution >= 4 is 16.6 Å². The number of benzene rings is 1. The highest BCUT2D eigenvalue weighted by Crippen LogP contribution is 2.39. The molecule has 1 aliphatic carbocycles. The molecule has 4 rings (SSSR count). The molecule has 2 fully saturated rings. The molecule has 2 heterocycles. The summed E-state index contributed by atoms with van der Waals surface area (Å²) in [5.41, 5.74) is 1.16. The van der Waals surface area contributed by atoms with Crippen LogP contribution < -0.4 is 10.5 Å². The van der Waals surface area contributed by atoms with Crippen LogP contribution in [0.1, 0.15) is 37.8 Å². The first kappa shape index (κ1) is 14.3. The second-order valence-corrected chi connectivity index (χ2v) is 6.74. The van der Waals surface area contributed by atoms with E-state index in [4.69, 9.17) is 0 Å². The molecule has 0 N–H and O–H groups in total. The summed E-state index contributed by atoms with van der Waals surface area (Å²) < 4.78 is 16.4.